The number of hydrogen-bond donors (Lipinski definition) is 1. The second kappa shape index (κ2) is 8.54. The summed E-state index contributed by atoms with van der Waals surface area (Å²) in [5.74, 6) is -3.55. The molecule has 0 heterocycles. The first-order chi connectivity index (χ1) is 11.4. The quantitative estimate of drug-likeness (QED) is 0.578. The van der Waals surface area contributed by atoms with Crippen molar-refractivity contribution < 1.29 is 22.8 Å². The van der Waals surface area contributed by atoms with Crippen molar-refractivity contribution in [2.24, 2.45) is 0 Å². The van der Waals surface area contributed by atoms with Crippen LogP contribution in [0.2, 0.25) is 0 Å². The van der Waals surface area contributed by atoms with Gasteiger partial charge in [-0.15, -0.1) is 0 Å². The van der Waals surface area contributed by atoms with Gasteiger partial charge in [0.25, 0.3) is 5.76 Å². The minimum atomic E-state index is -2.50. The van der Waals surface area contributed by atoms with E-state index in [1.807, 2.05) is 0 Å². The molecule has 2 aromatic rings. The average molecular weight is 353 g/mol. The molecule has 0 aliphatic heterocycles. The number of alkyl halides is 2. The van der Waals surface area contributed by atoms with Gasteiger partial charge in [-0.1, -0.05) is 11.8 Å². The fourth-order valence-electron chi connectivity index (χ4n) is 1.95. The van der Waals surface area contributed by atoms with Crippen LogP contribution < -0.4 is 5.32 Å². The lowest BCUT2D eigenvalue weighted by Crippen LogP contribution is -2.13. The lowest BCUT2D eigenvalue weighted by atomic mass is 10.1. The van der Waals surface area contributed by atoms with Crippen LogP contribution in [0.25, 0.3) is 0 Å². The highest BCUT2D eigenvalue weighted by molar-refractivity contribution is 7.99. The molecule has 2 aromatic carbocycles. The molecular formula is C17H14F3NO2S. The lowest BCUT2D eigenvalue weighted by molar-refractivity contribution is -0.116. The Labute approximate surface area is 141 Å². The number of halogens is 3. The fraction of sp³-hybridized carbons (Fsp3) is 0.176. The summed E-state index contributed by atoms with van der Waals surface area (Å²) in [7, 11) is 0. The molecule has 3 nitrogen and oxygen atoms in total. The van der Waals surface area contributed by atoms with Gasteiger partial charge in [0.1, 0.15) is 5.82 Å². The van der Waals surface area contributed by atoms with Crippen molar-refractivity contribution in [3.05, 3.63) is 59.9 Å². The van der Waals surface area contributed by atoms with E-state index in [2.05, 4.69) is 5.32 Å². The third-order valence-electron chi connectivity index (χ3n) is 3.11. The van der Waals surface area contributed by atoms with Crippen molar-refractivity contribution >= 4 is 29.1 Å². The van der Waals surface area contributed by atoms with E-state index in [0.717, 1.165) is 0 Å². The van der Waals surface area contributed by atoms with Crippen LogP contribution in [-0.2, 0) is 4.79 Å². The smallest absolute Gasteiger partial charge is 0.288 e. The van der Waals surface area contributed by atoms with Gasteiger partial charge >= 0.3 is 0 Å². The van der Waals surface area contributed by atoms with Gasteiger partial charge in [-0.05, 0) is 48.5 Å². The number of hydrogen-bond acceptors (Lipinski definition) is 3. The van der Waals surface area contributed by atoms with E-state index in [9.17, 15) is 22.8 Å². The van der Waals surface area contributed by atoms with E-state index in [-0.39, 0.29) is 24.5 Å². The van der Waals surface area contributed by atoms with Crippen molar-refractivity contribution in [3.8, 4) is 0 Å². The first-order valence-electron chi connectivity index (χ1n) is 7.07. The molecule has 0 unspecified atom stereocenters. The number of amides is 1. The standard InChI is InChI=1S/C17H14F3NO2S/c18-12-3-1-11(2-4-12)15(22)9-10-16(23)21-13-5-7-14(8-6-13)24-17(19)20/h1-8,17H,9-10H2,(H,21,23). The number of carbonyl (C=O) groups is 2. The van der Waals surface area contributed by atoms with E-state index < -0.39 is 11.6 Å². The van der Waals surface area contributed by atoms with E-state index in [4.69, 9.17) is 0 Å². The number of anilines is 1. The molecule has 0 bridgehead atoms. The van der Waals surface area contributed by atoms with E-state index >= 15 is 0 Å². The summed E-state index contributed by atoms with van der Waals surface area (Å²) in [6.07, 6.45) is -0.0273. The predicted molar refractivity (Wildman–Crippen MR) is 86.9 cm³/mol. The molecule has 0 spiro atoms. The zero-order valence-electron chi connectivity index (χ0n) is 12.5. The Bertz CT molecular complexity index is 703. The molecule has 24 heavy (non-hydrogen) atoms. The maximum Gasteiger partial charge on any atom is 0.288 e. The number of ketones is 1. The Morgan fingerprint density at radius 3 is 2.17 bits per heavy atom. The molecule has 1 amide bonds. The summed E-state index contributed by atoms with van der Waals surface area (Å²) in [4.78, 5) is 24.1. The van der Waals surface area contributed by atoms with Gasteiger partial charge in [0, 0.05) is 29.0 Å². The molecule has 2 rings (SSSR count). The van der Waals surface area contributed by atoms with Crippen LogP contribution in [0.5, 0.6) is 0 Å². The number of carbonyl (C=O) groups excluding carboxylic acids is 2. The van der Waals surface area contributed by atoms with Gasteiger partial charge in [-0.2, -0.15) is 8.78 Å². The van der Waals surface area contributed by atoms with Crippen molar-refractivity contribution in [3.63, 3.8) is 0 Å². The zero-order chi connectivity index (χ0) is 17.5. The first kappa shape index (κ1) is 18.1. The third kappa shape index (κ3) is 5.73. The summed E-state index contributed by atoms with van der Waals surface area (Å²) < 4.78 is 37.2. The number of thioether (sulfide) groups is 1. The Morgan fingerprint density at radius 2 is 1.58 bits per heavy atom. The van der Waals surface area contributed by atoms with Crippen molar-refractivity contribution in [1.29, 1.82) is 0 Å². The summed E-state index contributed by atoms with van der Waals surface area (Å²) in [5.41, 5.74) is 0.811. The number of nitrogens with one attached hydrogen (secondary N) is 1. The lowest BCUT2D eigenvalue weighted by Gasteiger charge is -2.06. The van der Waals surface area contributed by atoms with E-state index in [0.29, 0.717) is 27.9 Å². The maximum absolute atomic E-state index is 12.8. The molecule has 0 atom stereocenters. The van der Waals surface area contributed by atoms with Crippen LogP contribution in [0.1, 0.15) is 23.2 Å². The summed E-state index contributed by atoms with van der Waals surface area (Å²) in [5, 5.41) is 2.59. The van der Waals surface area contributed by atoms with Crippen molar-refractivity contribution in [2.45, 2.75) is 23.5 Å². The number of Topliss-reactive ketones (excluding diaryl/α,β-unsaturated/α-hetero) is 1. The first-order valence-corrected chi connectivity index (χ1v) is 7.95. The Morgan fingerprint density at radius 1 is 0.958 bits per heavy atom. The topological polar surface area (TPSA) is 46.2 Å². The van der Waals surface area contributed by atoms with Gasteiger partial charge in [-0.3, -0.25) is 9.59 Å². The number of benzene rings is 2. The number of rotatable bonds is 7. The van der Waals surface area contributed by atoms with Crippen LogP contribution in [0.15, 0.2) is 53.4 Å². The molecule has 0 saturated heterocycles. The Balaban J connectivity index is 1.82. The van der Waals surface area contributed by atoms with Crippen molar-refractivity contribution in [1.82, 2.24) is 0 Å². The summed E-state index contributed by atoms with van der Waals surface area (Å²) in [6.45, 7) is 0. The predicted octanol–water partition coefficient (Wildman–Crippen LogP) is 4.74. The minimum Gasteiger partial charge on any atom is -0.326 e. The highest BCUT2D eigenvalue weighted by Crippen LogP contribution is 2.26. The molecule has 0 aromatic heterocycles. The van der Waals surface area contributed by atoms with Crippen LogP contribution >= 0.6 is 11.8 Å². The minimum absolute atomic E-state index is 0.00319. The molecule has 7 heteroatoms. The second-order valence-corrected chi connectivity index (χ2v) is 5.94. The Kier molecular flexibility index (Phi) is 6.43. The molecule has 126 valence electrons. The summed E-state index contributed by atoms with van der Waals surface area (Å²) >= 11 is 0.421. The van der Waals surface area contributed by atoms with E-state index in [1.165, 1.54) is 48.5 Å². The van der Waals surface area contributed by atoms with Gasteiger partial charge in [0.15, 0.2) is 5.78 Å². The zero-order valence-corrected chi connectivity index (χ0v) is 13.3. The second-order valence-electron chi connectivity index (χ2n) is 4.88. The molecule has 0 radical (unpaired) electrons. The Hall–Kier alpha value is -2.28. The van der Waals surface area contributed by atoms with Crippen LogP contribution in [0.3, 0.4) is 0 Å². The normalized spacial score (nSPS) is 10.7. The largest absolute Gasteiger partial charge is 0.326 e. The van der Waals surface area contributed by atoms with Crippen LogP contribution in [0.4, 0.5) is 18.9 Å². The molecule has 0 fully saturated rings. The highest BCUT2D eigenvalue weighted by atomic mass is 32.2. The molecule has 0 aliphatic rings. The fourth-order valence-corrected chi connectivity index (χ4v) is 2.45. The van der Waals surface area contributed by atoms with Gasteiger partial charge in [0.2, 0.25) is 5.91 Å². The maximum atomic E-state index is 12.8. The molecular weight excluding hydrogens is 339 g/mol. The van der Waals surface area contributed by atoms with Crippen LogP contribution in [-0.4, -0.2) is 17.4 Å². The highest BCUT2D eigenvalue weighted by Gasteiger charge is 2.10. The molecule has 1 N–H and O–H groups in total. The summed E-state index contributed by atoms with van der Waals surface area (Å²) in [6, 6.07) is 11.1. The van der Waals surface area contributed by atoms with Crippen LogP contribution in [0, 0.1) is 5.82 Å². The monoisotopic (exact) mass is 353 g/mol. The van der Waals surface area contributed by atoms with Gasteiger partial charge in [0.05, 0.1) is 0 Å². The average Bonchev–Trinajstić information content (AvgIpc) is 2.54. The molecule has 0 aliphatic carbocycles. The van der Waals surface area contributed by atoms with Gasteiger partial charge < -0.3 is 5.32 Å². The van der Waals surface area contributed by atoms with Crippen molar-refractivity contribution in [2.75, 3.05) is 5.32 Å². The molecule has 0 saturated carbocycles. The van der Waals surface area contributed by atoms with Gasteiger partial charge in [-0.25, -0.2) is 4.39 Å². The third-order valence-corrected chi connectivity index (χ3v) is 3.83. The van der Waals surface area contributed by atoms with E-state index in [1.54, 1.807) is 0 Å². The SMILES string of the molecule is O=C(CCC(=O)c1ccc(F)cc1)Nc1ccc(SC(F)F)cc1.